The SMILES string of the molecule is COC(=O)[C@@H]1NCCN2C(=O)CCC12. The van der Waals surface area contributed by atoms with Gasteiger partial charge in [0, 0.05) is 19.5 Å². The summed E-state index contributed by atoms with van der Waals surface area (Å²) in [4.78, 5) is 24.6. The quantitative estimate of drug-likeness (QED) is 0.556. The molecule has 0 aromatic carbocycles. The van der Waals surface area contributed by atoms with Gasteiger partial charge in [0.2, 0.25) is 5.91 Å². The number of amides is 1. The molecule has 0 aliphatic carbocycles. The first-order valence-electron chi connectivity index (χ1n) is 4.84. The van der Waals surface area contributed by atoms with Crippen LogP contribution in [0.2, 0.25) is 0 Å². The van der Waals surface area contributed by atoms with Crippen LogP contribution in [0.25, 0.3) is 0 Å². The van der Waals surface area contributed by atoms with Gasteiger partial charge in [-0.25, -0.2) is 0 Å². The number of methoxy groups -OCH3 is 1. The largest absolute Gasteiger partial charge is 0.468 e. The fourth-order valence-electron chi connectivity index (χ4n) is 2.24. The Labute approximate surface area is 82.4 Å². The predicted molar refractivity (Wildman–Crippen MR) is 48.5 cm³/mol. The van der Waals surface area contributed by atoms with Gasteiger partial charge in [-0.1, -0.05) is 0 Å². The zero-order valence-corrected chi connectivity index (χ0v) is 8.16. The molecule has 0 aromatic rings. The Hall–Kier alpha value is -1.10. The van der Waals surface area contributed by atoms with Gasteiger partial charge < -0.3 is 15.0 Å². The average molecular weight is 198 g/mol. The van der Waals surface area contributed by atoms with E-state index in [1.165, 1.54) is 7.11 Å². The van der Waals surface area contributed by atoms with Crippen LogP contribution in [-0.2, 0) is 14.3 Å². The number of nitrogens with one attached hydrogen (secondary N) is 1. The molecule has 1 N–H and O–H groups in total. The normalized spacial score (nSPS) is 31.5. The highest BCUT2D eigenvalue weighted by Gasteiger charge is 2.42. The molecule has 2 aliphatic heterocycles. The number of piperazine rings is 1. The summed E-state index contributed by atoms with van der Waals surface area (Å²) in [6, 6.07) is -0.330. The molecule has 1 unspecified atom stereocenters. The molecular weight excluding hydrogens is 184 g/mol. The number of hydrogen-bond acceptors (Lipinski definition) is 4. The Kier molecular flexibility index (Phi) is 2.41. The van der Waals surface area contributed by atoms with Crippen molar-refractivity contribution in [1.82, 2.24) is 10.2 Å². The summed E-state index contributed by atoms with van der Waals surface area (Å²) in [6.45, 7) is 1.37. The maximum atomic E-state index is 11.4. The molecular formula is C9H14N2O3. The molecule has 14 heavy (non-hydrogen) atoms. The second-order valence-electron chi connectivity index (χ2n) is 3.65. The lowest BCUT2D eigenvalue weighted by atomic mass is 10.0. The van der Waals surface area contributed by atoms with E-state index in [-0.39, 0.29) is 24.0 Å². The van der Waals surface area contributed by atoms with Crippen LogP contribution in [0.4, 0.5) is 0 Å². The molecule has 2 aliphatic rings. The van der Waals surface area contributed by atoms with Crippen molar-refractivity contribution in [2.24, 2.45) is 0 Å². The summed E-state index contributed by atoms with van der Waals surface area (Å²) in [5.41, 5.74) is 0. The molecule has 5 heteroatoms. The van der Waals surface area contributed by atoms with Gasteiger partial charge in [0.25, 0.3) is 0 Å². The highest BCUT2D eigenvalue weighted by atomic mass is 16.5. The zero-order chi connectivity index (χ0) is 10.1. The first kappa shape index (κ1) is 9.45. The molecule has 2 fully saturated rings. The first-order chi connectivity index (χ1) is 6.74. The standard InChI is InChI=1S/C9H14N2O3/c1-14-9(13)8-6-2-3-7(12)11(6)5-4-10-8/h6,8,10H,2-5H2,1H3/t6?,8-/m1/s1. The van der Waals surface area contributed by atoms with Crippen molar-refractivity contribution in [1.29, 1.82) is 0 Å². The van der Waals surface area contributed by atoms with E-state index in [4.69, 9.17) is 4.74 Å². The van der Waals surface area contributed by atoms with Gasteiger partial charge in [-0.3, -0.25) is 9.59 Å². The monoisotopic (exact) mass is 198 g/mol. The molecule has 2 atom stereocenters. The van der Waals surface area contributed by atoms with E-state index in [1.807, 2.05) is 0 Å². The van der Waals surface area contributed by atoms with Crippen molar-refractivity contribution in [2.75, 3.05) is 20.2 Å². The van der Waals surface area contributed by atoms with Crippen LogP contribution in [0.3, 0.4) is 0 Å². The lowest BCUT2D eigenvalue weighted by Gasteiger charge is -2.35. The molecule has 2 rings (SSSR count). The summed E-state index contributed by atoms with van der Waals surface area (Å²) in [6.07, 6.45) is 1.31. The van der Waals surface area contributed by atoms with Crippen molar-refractivity contribution < 1.29 is 14.3 Å². The average Bonchev–Trinajstić information content (AvgIpc) is 2.59. The summed E-state index contributed by atoms with van der Waals surface area (Å²) in [5.74, 6) is -0.111. The number of esters is 1. The van der Waals surface area contributed by atoms with Gasteiger partial charge in [-0.2, -0.15) is 0 Å². The summed E-state index contributed by atoms with van der Waals surface area (Å²) in [5, 5.41) is 3.09. The van der Waals surface area contributed by atoms with E-state index in [1.54, 1.807) is 4.90 Å². The third-order valence-corrected chi connectivity index (χ3v) is 2.93. The van der Waals surface area contributed by atoms with Crippen LogP contribution in [-0.4, -0.2) is 49.1 Å². The van der Waals surface area contributed by atoms with Gasteiger partial charge in [0.1, 0.15) is 6.04 Å². The highest BCUT2D eigenvalue weighted by Crippen LogP contribution is 2.23. The second-order valence-corrected chi connectivity index (χ2v) is 3.65. The van der Waals surface area contributed by atoms with Crippen LogP contribution in [0.1, 0.15) is 12.8 Å². The van der Waals surface area contributed by atoms with Crippen LogP contribution in [0, 0.1) is 0 Å². The van der Waals surface area contributed by atoms with Gasteiger partial charge in [-0.15, -0.1) is 0 Å². The van der Waals surface area contributed by atoms with Crippen LogP contribution in [0.5, 0.6) is 0 Å². The number of fused-ring (bicyclic) bond motifs is 1. The summed E-state index contributed by atoms with van der Waals surface area (Å²) < 4.78 is 4.69. The number of ether oxygens (including phenoxy) is 1. The Morgan fingerprint density at radius 1 is 1.64 bits per heavy atom. The Morgan fingerprint density at radius 2 is 2.43 bits per heavy atom. The fraction of sp³-hybridized carbons (Fsp3) is 0.778. The topological polar surface area (TPSA) is 58.6 Å². The molecule has 0 radical (unpaired) electrons. The van der Waals surface area contributed by atoms with Gasteiger partial charge in [0.15, 0.2) is 0 Å². The minimum Gasteiger partial charge on any atom is -0.468 e. The van der Waals surface area contributed by atoms with Gasteiger partial charge in [-0.05, 0) is 6.42 Å². The maximum Gasteiger partial charge on any atom is 0.325 e. The third-order valence-electron chi connectivity index (χ3n) is 2.93. The van der Waals surface area contributed by atoms with E-state index in [0.29, 0.717) is 19.5 Å². The van der Waals surface area contributed by atoms with E-state index in [9.17, 15) is 9.59 Å². The maximum absolute atomic E-state index is 11.4. The summed E-state index contributed by atoms with van der Waals surface area (Å²) in [7, 11) is 1.37. The van der Waals surface area contributed by atoms with E-state index in [2.05, 4.69) is 5.32 Å². The van der Waals surface area contributed by atoms with Gasteiger partial charge in [0.05, 0.1) is 13.2 Å². The minimum atomic E-state index is -0.333. The minimum absolute atomic E-state index is 0.00343. The lowest BCUT2D eigenvalue weighted by molar-refractivity contribution is -0.146. The fourth-order valence-corrected chi connectivity index (χ4v) is 2.24. The predicted octanol–water partition coefficient (Wildman–Crippen LogP) is -0.878. The van der Waals surface area contributed by atoms with E-state index < -0.39 is 0 Å². The molecule has 0 bridgehead atoms. The molecule has 0 spiro atoms. The molecule has 1 amide bonds. The summed E-state index contributed by atoms with van der Waals surface area (Å²) >= 11 is 0. The van der Waals surface area contributed by atoms with Crippen molar-refractivity contribution in [2.45, 2.75) is 24.9 Å². The number of hydrogen-bond donors (Lipinski definition) is 1. The van der Waals surface area contributed by atoms with Crippen molar-refractivity contribution in [3.63, 3.8) is 0 Å². The Bertz CT molecular complexity index is 267. The van der Waals surface area contributed by atoms with Crippen LogP contribution in [0.15, 0.2) is 0 Å². The lowest BCUT2D eigenvalue weighted by Crippen LogP contribution is -2.59. The first-order valence-corrected chi connectivity index (χ1v) is 4.84. The molecule has 5 nitrogen and oxygen atoms in total. The van der Waals surface area contributed by atoms with Crippen LogP contribution >= 0.6 is 0 Å². The Balaban J connectivity index is 2.12. The van der Waals surface area contributed by atoms with Crippen molar-refractivity contribution in [3.8, 4) is 0 Å². The second kappa shape index (κ2) is 3.57. The van der Waals surface area contributed by atoms with Crippen molar-refractivity contribution >= 4 is 11.9 Å². The third kappa shape index (κ3) is 1.37. The molecule has 0 aromatic heterocycles. The number of carbonyl (C=O) groups is 2. The van der Waals surface area contributed by atoms with E-state index in [0.717, 1.165) is 6.42 Å². The highest BCUT2D eigenvalue weighted by molar-refractivity contribution is 5.83. The van der Waals surface area contributed by atoms with Crippen LogP contribution < -0.4 is 5.32 Å². The number of nitrogens with zero attached hydrogens (tertiary/aromatic N) is 1. The molecule has 0 saturated carbocycles. The molecule has 2 heterocycles. The molecule has 78 valence electrons. The number of rotatable bonds is 1. The van der Waals surface area contributed by atoms with Crippen molar-refractivity contribution in [3.05, 3.63) is 0 Å². The Morgan fingerprint density at radius 3 is 3.14 bits per heavy atom. The number of carbonyl (C=O) groups excluding carboxylic acids is 2. The smallest absolute Gasteiger partial charge is 0.325 e. The van der Waals surface area contributed by atoms with Gasteiger partial charge >= 0.3 is 5.97 Å². The zero-order valence-electron chi connectivity index (χ0n) is 8.16. The molecule has 2 saturated heterocycles. The van der Waals surface area contributed by atoms with E-state index >= 15 is 0 Å².